The van der Waals surface area contributed by atoms with Crippen molar-refractivity contribution in [2.45, 2.75) is 25.5 Å². The summed E-state index contributed by atoms with van der Waals surface area (Å²) in [5, 5.41) is 0. The van der Waals surface area contributed by atoms with Crippen LogP contribution in [0.4, 0.5) is 0 Å². The van der Waals surface area contributed by atoms with Crippen molar-refractivity contribution in [2.75, 3.05) is 20.3 Å². The number of thiophene rings is 1. The highest BCUT2D eigenvalue weighted by atomic mass is 32.1. The molecule has 1 amide bonds. The van der Waals surface area contributed by atoms with Crippen molar-refractivity contribution in [1.82, 2.24) is 9.88 Å². The number of ether oxygens (including phenoxy) is 2. The van der Waals surface area contributed by atoms with E-state index in [0.717, 1.165) is 36.3 Å². The van der Waals surface area contributed by atoms with Gasteiger partial charge in [0.25, 0.3) is 5.91 Å². The van der Waals surface area contributed by atoms with Gasteiger partial charge >= 0.3 is 5.97 Å². The summed E-state index contributed by atoms with van der Waals surface area (Å²) in [5.41, 5.74) is 0.957. The molecule has 1 fully saturated rings. The lowest BCUT2D eigenvalue weighted by molar-refractivity contribution is 0.0510. The molecule has 1 unspecified atom stereocenters. The van der Waals surface area contributed by atoms with Crippen molar-refractivity contribution in [2.24, 2.45) is 0 Å². The van der Waals surface area contributed by atoms with Crippen LogP contribution in [0, 0.1) is 0 Å². The third kappa shape index (κ3) is 4.43. The molecular weight excluding hydrogens is 340 g/mol. The number of methoxy groups -OCH3 is 1. The van der Waals surface area contributed by atoms with Crippen LogP contribution in [0.25, 0.3) is 0 Å². The molecule has 2 aromatic rings. The van der Waals surface area contributed by atoms with Gasteiger partial charge in [0.1, 0.15) is 4.88 Å². The van der Waals surface area contributed by atoms with E-state index >= 15 is 0 Å². The summed E-state index contributed by atoms with van der Waals surface area (Å²) >= 11 is 1.15. The molecule has 7 heteroatoms. The van der Waals surface area contributed by atoms with Crippen molar-refractivity contribution >= 4 is 23.2 Å². The fourth-order valence-electron chi connectivity index (χ4n) is 2.78. The van der Waals surface area contributed by atoms with Gasteiger partial charge < -0.3 is 14.4 Å². The summed E-state index contributed by atoms with van der Waals surface area (Å²) in [7, 11) is 1.33. The topological polar surface area (TPSA) is 68.7 Å². The Morgan fingerprint density at radius 2 is 2.20 bits per heavy atom. The van der Waals surface area contributed by atoms with Crippen molar-refractivity contribution in [3.05, 3.63) is 52.0 Å². The van der Waals surface area contributed by atoms with E-state index in [1.807, 2.05) is 12.1 Å². The monoisotopic (exact) mass is 360 g/mol. The summed E-state index contributed by atoms with van der Waals surface area (Å²) < 4.78 is 10.4. The Morgan fingerprint density at radius 3 is 2.88 bits per heavy atom. The van der Waals surface area contributed by atoms with Gasteiger partial charge in [-0.25, -0.2) is 4.79 Å². The van der Waals surface area contributed by atoms with Crippen LogP contribution in [0.15, 0.2) is 36.7 Å². The average molecular weight is 360 g/mol. The maximum atomic E-state index is 13.0. The van der Waals surface area contributed by atoms with Crippen LogP contribution in [0.2, 0.25) is 0 Å². The Bertz CT molecular complexity index is 726. The molecule has 1 atom stereocenters. The molecule has 0 aliphatic carbocycles. The Balaban J connectivity index is 1.78. The summed E-state index contributed by atoms with van der Waals surface area (Å²) in [4.78, 5) is 31.4. The molecule has 0 N–H and O–H groups in total. The van der Waals surface area contributed by atoms with Crippen LogP contribution >= 0.6 is 11.3 Å². The summed E-state index contributed by atoms with van der Waals surface area (Å²) in [6, 6.07) is 7.09. The van der Waals surface area contributed by atoms with E-state index in [9.17, 15) is 9.59 Å². The number of pyridine rings is 1. The molecule has 1 saturated heterocycles. The number of carbonyl (C=O) groups is 2. The van der Waals surface area contributed by atoms with Gasteiger partial charge in [0.15, 0.2) is 0 Å². The van der Waals surface area contributed by atoms with Crippen molar-refractivity contribution < 1.29 is 19.1 Å². The van der Waals surface area contributed by atoms with Gasteiger partial charge in [-0.1, -0.05) is 6.07 Å². The maximum Gasteiger partial charge on any atom is 0.348 e. The zero-order valence-corrected chi connectivity index (χ0v) is 14.8. The van der Waals surface area contributed by atoms with Crippen LogP contribution in [0.5, 0.6) is 0 Å². The fraction of sp³-hybridized carbons (Fsp3) is 0.389. The van der Waals surface area contributed by atoms with Gasteiger partial charge in [0.05, 0.1) is 18.1 Å². The van der Waals surface area contributed by atoms with E-state index in [0.29, 0.717) is 22.8 Å². The van der Waals surface area contributed by atoms with E-state index in [1.54, 1.807) is 29.4 Å². The predicted molar refractivity (Wildman–Crippen MR) is 93.6 cm³/mol. The number of aromatic nitrogens is 1. The van der Waals surface area contributed by atoms with Crippen LogP contribution in [-0.2, 0) is 16.0 Å². The summed E-state index contributed by atoms with van der Waals surface area (Å²) in [6.07, 6.45) is 5.49. The quantitative estimate of drug-likeness (QED) is 0.741. The second-order valence-corrected chi connectivity index (χ2v) is 6.92. The smallest absolute Gasteiger partial charge is 0.348 e. The maximum absolute atomic E-state index is 13.0. The predicted octanol–water partition coefficient (Wildman–Crippen LogP) is 2.75. The van der Waals surface area contributed by atoms with E-state index < -0.39 is 5.97 Å². The number of esters is 1. The second-order valence-electron chi connectivity index (χ2n) is 5.84. The van der Waals surface area contributed by atoms with Gasteiger partial charge in [-0.3, -0.25) is 9.78 Å². The van der Waals surface area contributed by atoms with Crippen molar-refractivity contribution in [3.8, 4) is 0 Å². The SMILES string of the molecule is COC(=O)c1ccc(C(=O)N(Cc2cccnc2)CC2CCCO2)s1. The van der Waals surface area contributed by atoms with Gasteiger partial charge in [-0.05, 0) is 36.6 Å². The van der Waals surface area contributed by atoms with E-state index in [-0.39, 0.29) is 12.0 Å². The number of carbonyl (C=O) groups excluding carboxylic acids is 2. The van der Waals surface area contributed by atoms with Gasteiger partial charge in [0.2, 0.25) is 0 Å². The normalized spacial score (nSPS) is 16.6. The minimum Gasteiger partial charge on any atom is -0.465 e. The van der Waals surface area contributed by atoms with Gasteiger partial charge in [-0.2, -0.15) is 0 Å². The zero-order valence-electron chi connectivity index (χ0n) is 14.0. The highest BCUT2D eigenvalue weighted by molar-refractivity contribution is 7.15. The van der Waals surface area contributed by atoms with E-state index in [2.05, 4.69) is 4.98 Å². The molecule has 0 radical (unpaired) electrons. The fourth-order valence-corrected chi connectivity index (χ4v) is 3.68. The first-order valence-electron chi connectivity index (χ1n) is 8.15. The molecule has 3 heterocycles. The van der Waals surface area contributed by atoms with Crippen LogP contribution in [0.1, 0.15) is 37.7 Å². The molecule has 0 spiro atoms. The molecule has 0 aromatic carbocycles. The number of amides is 1. The average Bonchev–Trinajstić information content (AvgIpc) is 3.32. The molecule has 132 valence electrons. The summed E-state index contributed by atoms with van der Waals surface area (Å²) in [6.45, 7) is 1.72. The number of hydrogen-bond acceptors (Lipinski definition) is 6. The first-order chi connectivity index (χ1) is 12.2. The molecule has 6 nitrogen and oxygen atoms in total. The zero-order chi connectivity index (χ0) is 17.6. The summed E-state index contributed by atoms with van der Waals surface area (Å²) in [5.74, 6) is -0.540. The van der Waals surface area contributed by atoms with Crippen LogP contribution < -0.4 is 0 Å². The number of rotatable bonds is 6. The minimum absolute atomic E-state index is 0.0562. The standard InChI is InChI=1S/C18H20N2O4S/c1-23-18(22)16-7-6-15(25-16)17(21)20(12-14-5-3-9-24-14)11-13-4-2-8-19-10-13/h2,4,6-8,10,14H,3,5,9,11-12H2,1H3. The first kappa shape index (κ1) is 17.6. The molecular formula is C18H20N2O4S. The molecule has 0 saturated carbocycles. The molecule has 2 aromatic heterocycles. The van der Waals surface area contributed by atoms with Crippen LogP contribution in [0.3, 0.4) is 0 Å². The number of hydrogen-bond donors (Lipinski definition) is 0. The van der Waals surface area contributed by atoms with Crippen molar-refractivity contribution in [1.29, 1.82) is 0 Å². The largest absolute Gasteiger partial charge is 0.465 e. The third-order valence-corrected chi connectivity index (χ3v) is 5.09. The lowest BCUT2D eigenvalue weighted by Crippen LogP contribution is -2.36. The van der Waals surface area contributed by atoms with E-state index in [1.165, 1.54) is 7.11 Å². The third-order valence-electron chi connectivity index (χ3n) is 4.03. The molecule has 3 rings (SSSR count). The van der Waals surface area contributed by atoms with Gasteiger partial charge in [-0.15, -0.1) is 11.3 Å². The second kappa shape index (κ2) is 8.22. The van der Waals surface area contributed by atoms with E-state index in [4.69, 9.17) is 9.47 Å². The Hall–Kier alpha value is -2.25. The highest BCUT2D eigenvalue weighted by Gasteiger charge is 2.25. The highest BCUT2D eigenvalue weighted by Crippen LogP contribution is 2.22. The minimum atomic E-state index is -0.429. The van der Waals surface area contributed by atoms with Crippen LogP contribution in [-0.4, -0.2) is 48.1 Å². The lowest BCUT2D eigenvalue weighted by Gasteiger charge is -2.25. The number of nitrogens with zero attached hydrogens (tertiary/aromatic N) is 2. The van der Waals surface area contributed by atoms with Gasteiger partial charge in [0, 0.05) is 32.1 Å². The Labute approximate surface area is 150 Å². The molecule has 1 aliphatic rings. The Kier molecular flexibility index (Phi) is 5.78. The molecule has 1 aliphatic heterocycles. The van der Waals surface area contributed by atoms with Crippen molar-refractivity contribution in [3.63, 3.8) is 0 Å². The lowest BCUT2D eigenvalue weighted by atomic mass is 10.2. The molecule has 25 heavy (non-hydrogen) atoms. The first-order valence-corrected chi connectivity index (χ1v) is 8.97. The Morgan fingerprint density at radius 1 is 1.36 bits per heavy atom. The molecule has 0 bridgehead atoms.